The number of carbonyl (C=O) groups is 2. The first-order chi connectivity index (χ1) is 12.5. The second kappa shape index (κ2) is 7.79. The molecule has 0 unspecified atom stereocenters. The van der Waals surface area contributed by atoms with Crippen LogP contribution in [0.2, 0.25) is 0 Å². The Morgan fingerprint density at radius 1 is 0.963 bits per heavy atom. The summed E-state index contributed by atoms with van der Waals surface area (Å²) in [6.45, 7) is 2.54. The molecule has 2 aromatic carbocycles. The number of benzene rings is 2. The molecule has 0 saturated carbocycles. The Morgan fingerprint density at radius 3 is 2.11 bits per heavy atom. The van der Waals surface area contributed by atoms with Crippen molar-refractivity contribution in [2.24, 2.45) is 0 Å². The van der Waals surface area contributed by atoms with Crippen LogP contribution in [0.1, 0.15) is 40.9 Å². The largest absolute Gasteiger partial charge is 0.416 e. The predicted molar refractivity (Wildman–Crippen MR) is 92.6 cm³/mol. The van der Waals surface area contributed by atoms with Crippen molar-refractivity contribution in [2.45, 2.75) is 32.0 Å². The predicted octanol–water partition coefficient (Wildman–Crippen LogP) is 2.83. The zero-order chi connectivity index (χ0) is 20.2. The van der Waals surface area contributed by atoms with Crippen molar-refractivity contribution in [3.8, 4) is 0 Å². The summed E-state index contributed by atoms with van der Waals surface area (Å²) in [4.78, 5) is 23.9. The lowest BCUT2D eigenvalue weighted by molar-refractivity contribution is -0.138. The third-order valence-corrected chi connectivity index (χ3v) is 3.78. The minimum Gasteiger partial charge on any atom is -0.381 e. The number of halogens is 3. The van der Waals surface area contributed by atoms with E-state index < -0.39 is 29.2 Å². The van der Waals surface area contributed by atoms with Crippen LogP contribution in [0.15, 0.2) is 48.5 Å². The van der Waals surface area contributed by atoms with E-state index in [-0.39, 0.29) is 12.0 Å². The molecular weight excluding hydrogens is 361 g/mol. The highest BCUT2D eigenvalue weighted by atomic mass is 19.4. The van der Waals surface area contributed by atoms with Crippen LogP contribution >= 0.6 is 0 Å². The molecule has 0 aliphatic heterocycles. The minimum absolute atomic E-state index is 0.237. The monoisotopic (exact) mass is 380 g/mol. The van der Waals surface area contributed by atoms with Crippen molar-refractivity contribution in [3.63, 3.8) is 0 Å². The number of nitrogens with one attached hydrogen (secondary N) is 2. The Hall–Kier alpha value is -2.87. The lowest BCUT2D eigenvalue weighted by atomic mass is 9.98. The molecule has 144 valence electrons. The maximum Gasteiger partial charge on any atom is 0.416 e. The standard InChI is InChI=1S/C19H19F3N2O3/c1-18(2,27)17(26)24-23-16(25)15-6-4-3-5-13(15)11-12-7-9-14(10-8-12)19(20,21)22/h3-10,27H,11H2,1-2H3,(H,23,25)(H,24,26). The Morgan fingerprint density at radius 2 is 1.56 bits per heavy atom. The van der Waals surface area contributed by atoms with Gasteiger partial charge in [0.05, 0.1) is 5.56 Å². The van der Waals surface area contributed by atoms with Crippen molar-refractivity contribution >= 4 is 11.8 Å². The van der Waals surface area contributed by atoms with Crippen LogP contribution in [-0.2, 0) is 17.4 Å². The Kier molecular flexibility index (Phi) is 5.90. The second-order valence-corrected chi connectivity index (χ2v) is 6.50. The zero-order valence-electron chi connectivity index (χ0n) is 14.7. The summed E-state index contributed by atoms with van der Waals surface area (Å²) in [6, 6.07) is 11.2. The van der Waals surface area contributed by atoms with E-state index in [1.165, 1.54) is 32.0 Å². The van der Waals surface area contributed by atoms with Gasteiger partial charge in [0.15, 0.2) is 0 Å². The quantitative estimate of drug-likeness (QED) is 0.714. The molecular formula is C19H19F3N2O3. The molecule has 0 atom stereocenters. The number of hydrogen-bond acceptors (Lipinski definition) is 3. The van der Waals surface area contributed by atoms with Gasteiger partial charge in [0, 0.05) is 5.56 Å². The molecule has 27 heavy (non-hydrogen) atoms. The molecule has 3 N–H and O–H groups in total. The Balaban J connectivity index is 2.13. The van der Waals surface area contributed by atoms with Crippen LogP contribution < -0.4 is 10.9 Å². The van der Waals surface area contributed by atoms with E-state index in [1.54, 1.807) is 18.2 Å². The number of rotatable bonds is 4. The van der Waals surface area contributed by atoms with E-state index in [1.807, 2.05) is 0 Å². The molecule has 0 heterocycles. The summed E-state index contributed by atoms with van der Waals surface area (Å²) < 4.78 is 37.9. The molecule has 0 saturated heterocycles. The van der Waals surface area contributed by atoms with Crippen LogP contribution in [0.3, 0.4) is 0 Å². The van der Waals surface area contributed by atoms with Crippen LogP contribution in [0.5, 0.6) is 0 Å². The van der Waals surface area contributed by atoms with E-state index in [2.05, 4.69) is 10.9 Å². The molecule has 0 aromatic heterocycles. The highest BCUT2D eigenvalue weighted by molar-refractivity contribution is 5.97. The third-order valence-electron chi connectivity index (χ3n) is 3.78. The first-order valence-corrected chi connectivity index (χ1v) is 8.05. The van der Waals surface area contributed by atoms with Crippen molar-refractivity contribution in [2.75, 3.05) is 0 Å². The molecule has 0 spiro atoms. The first kappa shape index (κ1) is 20.4. The van der Waals surface area contributed by atoms with Gasteiger partial charge in [0.1, 0.15) is 5.60 Å². The zero-order valence-corrected chi connectivity index (χ0v) is 14.7. The van der Waals surface area contributed by atoms with Gasteiger partial charge in [-0.25, -0.2) is 0 Å². The summed E-state index contributed by atoms with van der Waals surface area (Å²) in [5.41, 5.74) is 3.37. The number of amides is 2. The summed E-state index contributed by atoms with van der Waals surface area (Å²) in [6.07, 6.45) is -4.17. The SMILES string of the molecule is CC(C)(O)C(=O)NNC(=O)c1ccccc1Cc1ccc(C(F)(F)F)cc1. The fourth-order valence-electron chi connectivity index (χ4n) is 2.26. The van der Waals surface area contributed by atoms with Gasteiger partial charge in [0.2, 0.25) is 0 Å². The summed E-state index contributed by atoms with van der Waals surface area (Å²) >= 11 is 0. The number of alkyl halides is 3. The molecule has 0 radical (unpaired) electrons. The van der Waals surface area contributed by atoms with E-state index in [0.29, 0.717) is 11.1 Å². The third kappa shape index (κ3) is 5.55. The normalized spacial score (nSPS) is 11.8. The average Bonchev–Trinajstić information content (AvgIpc) is 2.58. The Bertz CT molecular complexity index is 825. The molecule has 0 bridgehead atoms. The van der Waals surface area contributed by atoms with Gasteiger partial charge >= 0.3 is 6.18 Å². The van der Waals surface area contributed by atoms with Gasteiger partial charge in [-0.15, -0.1) is 0 Å². The van der Waals surface area contributed by atoms with Crippen molar-refractivity contribution in [1.29, 1.82) is 0 Å². The van der Waals surface area contributed by atoms with E-state index in [4.69, 9.17) is 0 Å². The number of hydrazine groups is 1. The van der Waals surface area contributed by atoms with Crippen molar-refractivity contribution in [1.82, 2.24) is 10.9 Å². The van der Waals surface area contributed by atoms with Crippen LogP contribution in [0.25, 0.3) is 0 Å². The van der Waals surface area contributed by atoms with Crippen LogP contribution in [-0.4, -0.2) is 22.5 Å². The fourth-order valence-corrected chi connectivity index (χ4v) is 2.26. The first-order valence-electron chi connectivity index (χ1n) is 8.05. The molecule has 2 rings (SSSR count). The lowest BCUT2D eigenvalue weighted by Crippen LogP contribution is -2.50. The van der Waals surface area contributed by atoms with Crippen molar-refractivity contribution in [3.05, 3.63) is 70.8 Å². The number of aliphatic hydroxyl groups is 1. The summed E-state index contributed by atoms with van der Waals surface area (Å²) in [5, 5.41) is 9.56. The molecule has 0 fully saturated rings. The molecule has 8 heteroatoms. The van der Waals surface area contributed by atoms with Gasteiger partial charge in [-0.2, -0.15) is 13.2 Å². The van der Waals surface area contributed by atoms with Gasteiger partial charge in [-0.1, -0.05) is 30.3 Å². The molecule has 5 nitrogen and oxygen atoms in total. The Labute approximate surface area is 154 Å². The highest BCUT2D eigenvalue weighted by Crippen LogP contribution is 2.29. The lowest BCUT2D eigenvalue weighted by Gasteiger charge is -2.17. The smallest absolute Gasteiger partial charge is 0.381 e. The summed E-state index contributed by atoms with van der Waals surface area (Å²) in [7, 11) is 0. The highest BCUT2D eigenvalue weighted by Gasteiger charge is 2.30. The van der Waals surface area contributed by atoms with E-state index in [0.717, 1.165) is 12.1 Å². The average molecular weight is 380 g/mol. The maximum atomic E-state index is 12.6. The second-order valence-electron chi connectivity index (χ2n) is 6.50. The van der Waals surface area contributed by atoms with Crippen molar-refractivity contribution < 1.29 is 27.9 Å². The molecule has 2 amide bonds. The van der Waals surface area contributed by atoms with Gasteiger partial charge < -0.3 is 5.11 Å². The molecule has 0 aliphatic carbocycles. The molecule has 0 aliphatic rings. The fraction of sp³-hybridized carbons (Fsp3) is 0.263. The van der Waals surface area contributed by atoms with Crippen LogP contribution in [0, 0.1) is 0 Å². The van der Waals surface area contributed by atoms with E-state index in [9.17, 15) is 27.9 Å². The molecule has 2 aromatic rings. The van der Waals surface area contributed by atoms with E-state index >= 15 is 0 Å². The van der Waals surface area contributed by atoms with Gasteiger partial charge in [-0.3, -0.25) is 20.4 Å². The van der Waals surface area contributed by atoms with Gasteiger partial charge in [-0.05, 0) is 49.6 Å². The van der Waals surface area contributed by atoms with Gasteiger partial charge in [0.25, 0.3) is 11.8 Å². The number of carbonyl (C=O) groups excluding carboxylic acids is 2. The van der Waals surface area contributed by atoms with Crippen LogP contribution in [0.4, 0.5) is 13.2 Å². The topological polar surface area (TPSA) is 78.4 Å². The summed E-state index contributed by atoms with van der Waals surface area (Å²) in [5.74, 6) is -1.38. The minimum atomic E-state index is -4.41. The maximum absolute atomic E-state index is 12.6. The number of hydrogen-bond donors (Lipinski definition) is 3.